The van der Waals surface area contributed by atoms with Gasteiger partial charge in [0, 0.05) is 26.3 Å². The largest absolute Gasteiger partial charge is 0.377 e. The molecule has 0 aromatic heterocycles. The van der Waals surface area contributed by atoms with Crippen molar-refractivity contribution >= 4 is 0 Å². The molecule has 2 rings (SSSR count). The van der Waals surface area contributed by atoms with Crippen LogP contribution < -0.4 is 5.32 Å². The van der Waals surface area contributed by atoms with Crippen LogP contribution in [0.15, 0.2) is 0 Å². The van der Waals surface area contributed by atoms with Gasteiger partial charge in [0.25, 0.3) is 0 Å². The SMILES string of the molecule is CCCC1(CNC2CC(OCC)C2OC)CC1. The summed E-state index contributed by atoms with van der Waals surface area (Å²) >= 11 is 0. The van der Waals surface area contributed by atoms with Gasteiger partial charge in [0.2, 0.25) is 0 Å². The van der Waals surface area contributed by atoms with Crippen LogP contribution in [-0.4, -0.2) is 38.5 Å². The quantitative estimate of drug-likeness (QED) is 0.707. The van der Waals surface area contributed by atoms with Crippen LogP contribution in [0.5, 0.6) is 0 Å². The smallest absolute Gasteiger partial charge is 0.0986 e. The van der Waals surface area contributed by atoms with E-state index in [-0.39, 0.29) is 6.10 Å². The molecule has 3 heteroatoms. The Bertz CT molecular complexity index is 240. The van der Waals surface area contributed by atoms with E-state index in [1.54, 1.807) is 7.11 Å². The van der Waals surface area contributed by atoms with Crippen LogP contribution in [0.3, 0.4) is 0 Å². The Morgan fingerprint density at radius 2 is 2.06 bits per heavy atom. The van der Waals surface area contributed by atoms with E-state index < -0.39 is 0 Å². The first-order valence-corrected chi connectivity index (χ1v) is 7.12. The van der Waals surface area contributed by atoms with Gasteiger partial charge in [-0.2, -0.15) is 0 Å². The Hall–Kier alpha value is -0.120. The third-order valence-corrected chi connectivity index (χ3v) is 4.38. The van der Waals surface area contributed by atoms with E-state index in [1.807, 2.05) is 6.92 Å². The molecule has 0 spiro atoms. The fourth-order valence-corrected chi connectivity index (χ4v) is 3.04. The molecule has 2 fully saturated rings. The molecule has 0 heterocycles. The van der Waals surface area contributed by atoms with Gasteiger partial charge < -0.3 is 14.8 Å². The Labute approximate surface area is 105 Å². The van der Waals surface area contributed by atoms with Crippen LogP contribution in [-0.2, 0) is 9.47 Å². The van der Waals surface area contributed by atoms with Gasteiger partial charge >= 0.3 is 0 Å². The summed E-state index contributed by atoms with van der Waals surface area (Å²) in [5.41, 5.74) is 0.629. The second-order valence-corrected chi connectivity index (χ2v) is 5.67. The van der Waals surface area contributed by atoms with Crippen molar-refractivity contribution in [1.82, 2.24) is 5.32 Å². The molecule has 0 saturated heterocycles. The van der Waals surface area contributed by atoms with Crippen LogP contribution >= 0.6 is 0 Å². The van der Waals surface area contributed by atoms with Gasteiger partial charge in [-0.05, 0) is 38.0 Å². The molecule has 0 radical (unpaired) electrons. The maximum Gasteiger partial charge on any atom is 0.0986 e. The van der Waals surface area contributed by atoms with Crippen LogP contribution in [0, 0.1) is 5.41 Å². The third kappa shape index (κ3) is 3.01. The van der Waals surface area contributed by atoms with Crippen molar-refractivity contribution in [2.24, 2.45) is 5.41 Å². The average Bonchev–Trinajstić information content (AvgIpc) is 3.04. The summed E-state index contributed by atoms with van der Waals surface area (Å²) in [6, 6.07) is 0.505. The van der Waals surface area contributed by atoms with Crippen LogP contribution in [0.1, 0.15) is 46.0 Å². The normalized spacial score (nSPS) is 34.4. The van der Waals surface area contributed by atoms with Crippen molar-refractivity contribution in [2.45, 2.75) is 64.2 Å². The van der Waals surface area contributed by atoms with Crippen molar-refractivity contribution in [3.63, 3.8) is 0 Å². The molecule has 0 aromatic carbocycles. The molecule has 0 amide bonds. The summed E-state index contributed by atoms with van der Waals surface area (Å²) in [6.45, 7) is 6.29. The molecular formula is C14H27NO2. The number of hydrogen-bond donors (Lipinski definition) is 1. The first-order chi connectivity index (χ1) is 8.24. The van der Waals surface area contributed by atoms with Crippen LogP contribution in [0.2, 0.25) is 0 Å². The summed E-state index contributed by atoms with van der Waals surface area (Å²) < 4.78 is 11.2. The fraction of sp³-hybridized carbons (Fsp3) is 1.00. The number of ether oxygens (including phenoxy) is 2. The molecule has 100 valence electrons. The van der Waals surface area contributed by atoms with Crippen molar-refractivity contribution < 1.29 is 9.47 Å². The predicted molar refractivity (Wildman–Crippen MR) is 69.2 cm³/mol. The maximum absolute atomic E-state index is 5.64. The molecule has 2 saturated carbocycles. The molecule has 3 unspecified atom stereocenters. The lowest BCUT2D eigenvalue weighted by atomic mass is 9.84. The number of rotatable bonds is 8. The van der Waals surface area contributed by atoms with Gasteiger partial charge in [-0.15, -0.1) is 0 Å². The minimum atomic E-state index is 0.257. The number of methoxy groups -OCH3 is 1. The van der Waals surface area contributed by atoms with Crippen LogP contribution in [0.25, 0.3) is 0 Å². The molecular weight excluding hydrogens is 214 g/mol. The predicted octanol–water partition coefficient (Wildman–Crippen LogP) is 2.35. The lowest BCUT2D eigenvalue weighted by molar-refractivity contribution is -0.131. The third-order valence-electron chi connectivity index (χ3n) is 4.38. The first-order valence-electron chi connectivity index (χ1n) is 7.12. The summed E-state index contributed by atoms with van der Waals surface area (Å²) in [5.74, 6) is 0. The minimum Gasteiger partial charge on any atom is -0.377 e. The van der Waals surface area contributed by atoms with Crippen molar-refractivity contribution in [3.05, 3.63) is 0 Å². The molecule has 3 nitrogen and oxygen atoms in total. The highest BCUT2D eigenvalue weighted by atomic mass is 16.5. The summed E-state index contributed by atoms with van der Waals surface area (Å²) in [5, 5.41) is 3.69. The zero-order valence-corrected chi connectivity index (χ0v) is 11.5. The molecule has 2 aliphatic rings. The Morgan fingerprint density at radius 1 is 1.29 bits per heavy atom. The minimum absolute atomic E-state index is 0.257. The topological polar surface area (TPSA) is 30.5 Å². The molecule has 0 aliphatic heterocycles. The lowest BCUT2D eigenvalue weighted by Gasteiger charge is -2.44. The standard InChI is InChI=1S/C14H27NO2/c1-4-6-14(7-8-14)10-15-11-9-12(17-5-2)13(11)16-3/h11-13,15H,4-10H2,1-3H3. The van der Waals surface area contributed by atoms with Gasteiger partial charge in [0.05, 0.1) is 12.2 Å². The van der Waals surface area contributed by atoms with E-state index in [0.717, 1.165) is 13.0 Å². The molecule has 2 aliphatic carbocycles. The maximum atomic E-state index is 5.64. The van der Waals surface area contributed by atoms with E-state index in [1.165, 1.54) is 32.2 Å². The first kappa shape index (κ1) is 13.3. The van der Waals surface area contributed by atoms with Gasteiger partial charge in [-0.3, -0.25) is 0 Å². The van der Waals surface area contributed by atoms with Crippen molar-refractivity contribution in [1.29, 1.82) is 0 Å². The van der Waals surface area contributed by atoms with E-state index >= 15 is 0 Å². The monoisotopic (exact) mass is 241 g/mol. The van der Waals surface area contributed by atoms with Crippen molar-refractivity contribution in [3.8, 4) is 0 Å². The Morgan fingerprint density at radius 3 is 2.59 bits per heavy atom. The summed E-state index contributed by atoms with van der Waals surface area (Å²) in [7, 11) is 1.80. The molecule has 0 aromatic rings. The van der Waals surface area contributed by atoms with E-state index in [4.69, 9.17) is 9.47 Å². The lowest BCUT2D eigenvalue weighted by Crippen LogP contribution is -2.60. The van der Waals surface area contributed by atoms with E-state index in [0.29, 0.717) is 17.6 Å². The second-order valence-electron chi connectivity index (χ2n) is 5.67. The number of nitrogens with one attached hydrogen (secondary N) is 1. The molecule has 0 bridgehead atoms. The van der Waals surface area contributed by atoms with Gasteiger partial charge in [0.15, 0.2) is 0 Å². The molecule has 3 atom stereocenters. The Kier molecular flexibility index (Phi) is 4.45. The highest BCUT2D eigenvalue weighted by Crippen LogP contribution is 2.49. The summed E-state index contributed by atoms with van der Waals surface area (Å²) in [6.07, 6.45) is 7.17. The average molecular weight is 241 g/mol. The Balaban J connectivity index is 1.70. The van der Waals surface area contributed by atoms with Gasteiger partial charge in [0.1, 0.15) is 0 Å². The summed E-state index contributed by atoms with van der Waals surface area (Å²) in [4.78, 5) is 0. The van der Waals surface area contributed by atoms with Crippen LogP contribution in [0.4, 0.5) is 0 Å². The second kappa shape index (κ2) is 5.68. The fourth-order valence-electron chi connectivity index (χ4n) is 3.04. The molecule has 1 N–H and O–H groups in total. The highest BCUT2D eigenvalue weighted by Gasteiger charge is 2.46. The number of hydrogen-bond acceptors (Lipinski definition) is 3. The van der Waals surface area contributed by atoms with Gasteiger partial charge in [-0.25, -0.2) is 0 Å². The zero-order chi connectivity index (χ0) is 12.3. The van der Waals surface area contributed by atoms with Gasteiger partial charge in [-0.1, -0.05) is 13.3 Å². The highest BCUT2D eigenvalue weighted by molar-refractivity contribution is 5.01. The van der Waals surface area contributed by atoms with E-state index in [9.17, 15) is 0 Å². The van der Waals surface area contributed by atoms with E-state index in [2.05, 4.69) is 12.2 Å². The zero-order valence-electron chi connectivity index (χ0n) is 11.5. The van der Waals surface area contributed by atoms with Crippen molar-refractivity contribution in [2.75, 3.05) is 20.3 Å². The molecule has 17 heavy (non-hydrogen) atoms.